The molecule has 0 bridgehead atoms. The molecule has 0 unspecified atom stereocenters. The normalized spacial score (nSPS) is 19.6. The van der Waals surface area contributed by atoms with Crippen LogP contribution in [0.1, 0.15) is 38.2 Å². The van der Waals surface area contributed by atoms with Crippen molar-refractivity contribution >= 4 is 37.8 Å². The quantitative estimate of drug-likeness (QED) is 0.0365. The molecule has 0 amide bonds. The van der Waals surface area contributed by atoms with E-state index in [0.29, 0.717) is 6.07 Å². The highest BCUT2D eigenvalue weighted by Crippen LogP contribution is 2.55. The first-order valence-corrected chi connectivity index (χ1v) is 20.6. The van der Waals surface area contributed by atoms with Crippen molar-refractivity contribution in [2.75, 3.05) is 26.4 Å². The molecule has 1 aromatic heterocycles. The molecule has 1 fully saturated rings. The average molecular weight is 873 g/mol. The number of aliphatic imine (C=N–C) groups is 1. The Kier molecular flexibility index (Phi) is 14.7. The van der Waals surface area contributed by atoms with E-state index < -0.39 is 59.9 Å². The summed E-state index contributed by atoms with van der Waals surface area (Å²) in [4.78, 5) is 21.6. The molecule has 2 aliphatic heterocycles. The molecule has 2 atom stereocenters. The van der Waals surface area contributed by atoms with Gasteiger partial charge in [0.15, 0.2) is 16.8 Å². The highest BCUT2D eigenvalue weighted by atomic mass is 32.2. The number of nitrogens with zero attached hydrogens (tertiary/aromatic N) is 6. The molecule has 61 heavy (non-hydrogen) atoms. The van der Waals surface area contributed by atoms with Gasteiger partial charge in [0.1, 0.15) is 30.1 Å². The molecule has 6 rings (SSSR count). The predicted molar refractivity (Wildman–Crippen MR) is 217 cm³/mol. The monoisotopic (exact) mass is 872 g/mol. The molecule has 0 radical (unpaired) electrons. The SMILES string of the molecule is C=CCOP(=O)(OCC=C)OCc1ccc(C#N)cc1C(=O)O[C@@](Cn1cncn1)(c1ccc(F)cc1F)[C@]1(SC2COC(/C=C/C=C/c3ccc(C#N)cc3F)OC2)C=N1. The van der Waals surface area contributed by atoms with E-state index in [-0.39, 0.29) is 66.4 Å². The van der Waals surface area contributed by atoms with Gasteiger partial charge in [-0.25, -0.2) is 32.2 Å². The molecular weight excluding hydrogens is 837 g/mol. The molecule has 4 aromatic rings. The van der Waals surface area contributed by atoms with Crippen molar-refractivity contribution in [3.05, 3.63) is 162 Å². The summed E-state index contributed by atoms with van der Waals surface area (Å²) < 4.78 is 94.1. The fourth-order valence-electron chi connectivity index (χ4n) is 6.04. The van der Waals surface area contributed by atoms with Crippen LogP contribution < -0.4 is 0 Å². The zero-order valence-electron chi connectivity index (χ0n) is 32.1. The summed E-state index contributed by atoms with van der Waals surface area (Å²) in [5.74, 6) is -3.59. The molecule has 3 heterocycles. The maximum absolute atomic E-state index is 16.2. The largest absolute Gasteiger partial charge is 0.475 e. The third-order valence-corrected chi connectivity index (χ3v) is 11.9. The number of phosphoric ester groups is 1. The number of aromatic nitrogens is 3. The molecule has 19 heteroatoms. The van der Waals surface area contributed by atoms with Crippen molar-refractivity contribution in [1.82, 2.24) is 14.8 Å². The van der Waals surface area contributed by atoms with Gasteiger partial charge in [-0.1, -0.05) is 42.5 Å². The van der Waals surface area contributed by atoms with E-state index in [1.165, 1.54) is 72.1 Å². The van der Waals surface area contributed by atoms with Crippen molar-refractivity contribution < 1.29 is 50.3 Å². The Balaban J connectivity index is 1.29. The minimum atomic E-state index is -4.23. The average Bonchev–Trinajstić information content (AvgIpc) is 3.87. The number of carbonyl (C=O) groups excluding carboxylic acids is 1. The molecule has 1 saturated heterocycles. The first kappa shape index (κ1) is 44.6. The number of benzene rings is 3. The third-order valence-electron chi connectivity index (χ3n) is 8.99. The number of nitriles is 2. The van der Waals surface area contributed by atoms with Crippen LogP contribution in [0.25, 0.3) is 6.08 Å². The van der Waals surface area contributed by atoms with Crippen LogP contribution in [0.3, 0.4) is 0 Å². The highest BCUT2D eigenvalue weighted by Gasteiger charge is 2.64. The van der Waals surface area contributed by atoms with Crippen molar-refractivity contribution in [3.63, 3.8) is 0 Å². The van der Waals surface area contributed by atoms with Crippen molar-refractivity contribution in [2.24, 2.45) is 4.99 Å². The number of ether oxygens (including phenoxy) is 3. The van der Waals surface area contributed by atoms with Crippen LogP contribution in [0.15, 0.2) is 116 Å². The Hall–Kier alpha value is -5.95. The summed E-state index contributed by atoms with van der Waals surface area (Å²) in [6.07, 6.45) is 12.2. The first-order chi connectivity index (χ1) is 29.5. The predicted octanol–water partition coefficient (Wildman–Crippen LogP) is 7.75. The number of esters is 1. The highest BCUT2D eigenvalue weighted by molar-refractivity contribution is 8.02. The van der Waals surface area contributed by atoms with Crippen LogP contribution in [-0.2, 0) is 51.1 Å². The lowest BCUT2D eigenvalue weighted by Gasteiger charge is -2.41. The first-order valence-electron chi connectivity index (χ1n) is 18.3. The number of phosphoric acid groups is 1. The van der Waals surface area contributed by atoms with E-state index in [1.807, 2.05) is 12.1 Å². The van der Waals surface area contributed by atoms with Gasteiger partial charge < -0.3 is 14.2 Å². The van der Waals surface area contributed by atoms with E-state index in [9.17, 15) is 23.4 Å². The lowest BCUT2D eigenvalue weighted by molar-refractivity contribution is -0.146. The summed E-state index contributed by atoms with van der Waals surface area (Å²) >= 11 is 1.14. The van der Waals surface area contributed by atoms with Crippen molar-refractivity contribution in [2.45, 2.75) is 35.2 Å². The Morgan fingerprint density at radius 2 is 1.69 bits per heavy atom. The van der Waals surface area contributed by atoms with Gasteiger partial charge in [-0.3, -0.25) is 18.6 Å². The fourth-order valence-corrected chi connectivity index (χ4v) is 8.52. The summed E-state index contributed by atoms with van der Waals surface area (Å²) in [6, 6.07) is 14.8. The standard InChI is InChI=1S/C42H36F3N6O8PS/c1-3-15-56-60(53,57-16-4-2)58-22-32-12-10-29(20-46)17-35(32)40(52)59-41(26-51-28-48-27-50-51,36-14-13-33(43)19-38(36)45)42(25-49-42)61-34-23-54-39(55-24-34)8-6-5-7-31-11-9-30(21-47)18-37(31)44/h3-14,17-19,25,27-28,34,39H,1-2,15-16,22-24,26H2/b7-5+,8-6+/t34?,39?,41-,42+/m0/s1. The van der Waals surface area contributed by atoms with E-state index in [4.69, 9.17) is 33.0 Å². The maximum Gasteiger partial charge on any atom is 0.475 e. The number of carbonyl (C=O) groups is 1. The summed E-state index contributed by atoms with van der Waals surface area (Å²) in [5, 5.41) is 22.5. The minimum absolute atomic E-state index is 0.0447. The zero-order valence-corrected chi connectivity index (χ0v) is 33.9. The van der Waals surface area contributed by atoms with E-state index >= 15 is 4.39 Å². The smallest absolute Gasteiger partial charge is 0.444 e. The Morgan fingerprint density at radius 1 is 0.984 bits per heavy atom. The molecule has 14 nitrogen and oxygen atoms in total. The Bertz CT molecular complexity index is 2460. The second-order valence-electron chi connectivity index (χ2n) is 13.1. The van der Waals surface area contributed by atoms with Gasteiger partial charge in [0, 0.05) is 23.4 Å². The topological polar surface area (TPSA) is 180 Å². The summed E-state index contributed by atoms with van der Waals surface area (Å²) in [6.45, 7) is 5.94. The van der Waals surface area contributed by atoms with Gasteiger partial charge in [0.2, 0.25) is 0 Å². The van der Waals surface area contributed by atoms with Crippen LogP contribution in [0.2, 0.25) is 0 Å². The number of hydrogen-bond donors (Lipinski definition) is 0. The lowest BCUT2D eigenvalue weighted by Crippen LogP contribution is -2.51. The number of hydrogen-bond acceptors (Lipinski definition) is 14. The Labute approximate surface area is 352 Å². The van der Waals surface area contributed by atoms with Gasteiger partial charge in [-0.15, -0.1) is 24.9 Å². The third kappa shape index (κ3) is 10.9. The van der Waals surface area contributed by atoms with Gasteiger partial charge in [-0.05, 0) is 48.0 Å². The molecule has 3 aromatic carbocycles. The van der Waals surface area contributed by atoms with Gasteiger partial charge in [0.25, 0.3) is 0 Å². The van der Waals surface area contributed by atoms with Crippen molar-refractivity contribution in [1.29, 1.82) is 10.5 Å². The Morgan fingerprint density at radius 3 is 2.31 bits per heavy atom. The van der Waals surface area contributed by atoms with Crippen LogP contribution in [0.4, 0.5) is 13.2 Å². The number of halogens is 3. The molecule has 0 N–H and O–H groups in total. The number of rotatable bonds is 20. The van der Waals surface area contributed by atoms with E-state index in [2.05, 4.69) is 28.2 Å². The molecule has 314 valence electrons. The fraction of sp³-hybridized carbons (Fsp3) is 0.238. The van der Waals surface area contributed by atoms with E-state index in [1.54, 1.807) is 18.2 Å². The van der Waals surface area contributed by atoms with Crippen LogP contribution in [-0.4, -0.2) is 69.8 Å². The number of allylic oxidation sites excluding steroid dienone is 2. The molecule has 0 saturated carbocycles. The van der Waals surface area contributed by atoms with Crippen molar-refractivity contribution in [3.8, 4) is 12.1 Å². The second kappa shape index (κ2) is 20.1. The van der Waals surface area contributed by atoms with Crippen LogP contribution in [0.5, 0.6) is 0 Å². The minimum Gasteiger partial charge on any atom is -0.444 e. The zero-order chi connectivity index (χ0) is 43.5. The van der Waals surface area contributed by atoms with Crippen LogP contribution >= 0.6 is 19.6 Å². The van der Waals surface area contributed by atoms with Gasteiger partial charge >= 0.3 is 13.8 Å². The molecular formula is C42H36F3N6O8PS. The summed E-state index contributed by atoms with van der Waals surface area (Å²) in [5.41, 5.74) is -1.98. The lowest BCUT2D eigenvalue weighted by atomic mass is 9.87. The molecule has 0 aliphatic carbocycles. The molecule has 2 aliphatic rings. The summed E-state index contributed by atoms with van der Waals surface area (Å²) in [7, 11) is -4.23. The van der Waals surface area contributed by atoms with Gasteiger partial charge in [0.05, 0.1) is 73.7 Å². The van der Waals surface area contributed by atoms with Gasteiger partial charge in [-0.2, -0.15) is 15.6 Å². The van der Waals surface area contributed by atoms with E-state index in [0.717, 1.165) is 30.0 Å². The van der Waals surface area contributed by atoms with Crippen LogP contribution in [0, 0.1) is 40.1 Å². The maximum atomic E-state index is 16.2. The number of thioether (sulfide) groups is 1. The molecule has 0 spiro atoms. The second-order valence-corrected chi connectivity index (χ2v) is 16.3.